The van der Waals surface area contributed by atoms with E-state index in [0.29, 0.717) is 80.5 Å². The molecule has 4 atom stereocenters. The lowest BCUT2D eigenvalue weighted by Crippen LogP contribution is -2.48. The molecule has 1 aromatic heterocycles. The lowest BCUT2D eigenvalue weighted by molar-refractivity contribution is -0.138. The number of hydrogen-bond donors (Lipinski definition) is 3. The smallest absolute Gasteiger partial charge is 0.419 e. The molecule has 2 aromatic carbocycles. The van der Waals surface area contributed by atoms with Gasteiger partial charge in [-0.1, -0.05) is 24.6 Å². The Morgan fingerprint density at radius 1 is 1.11 bits per heavy atom. The Bertz CT molecular complexity index is 2380. The van der Waals surface area contributed by atoms with Crippen molar-refractivity contribution in [3.63, 3.8) is 0 Å². The number of alkyl halides is 3. The van der Waals surface area contributed by atoms with Gasteiger partial charge in [-0.15, -0.1) is 0 Å². The van der Waals surface area contributed by atoms with Crippen molar-refractivity contribution in [1.29, 1.82) is 5.26 Å². The van der Waals surface area contributed by atoms with Crippen LogP contribution in [0.3, 0.4) is 0 Å². The van der Waals surface area contributed by atoms with Crippen LogP contribution in [0, 0.1) is 28.6 Å². The van der Waals surface area contributed by atoms with Gasteiger partial charge in [-0.2, -0.15) is 18.4 Å². The Morgan fingerprint density at radius 3 is 2.70 bits per heavy atom. The number of piperidine rings is 1. The average Bonchev–Trinajstić information content (AvgIpc) is 4.10. The second kappa shape index (κ2) is 16.9. The van der Waals surface area contributed by atoms with E-state index in [4.69, 9.17) is 17.0 Å². The summed E-state index contributed by atoms with van der Waals surface area (Å²) < 4.78 is 47.8. The number of amides is 4. The Hall–Kier alpha value is -5.86. The van der Waals surface area contributed by atoms with Gasteiger partial charge in [-0.05, 0) is 104 Å². The van der Waals surface area contributed by atoms with E-state index in [0.717, 1.165) is 42.2 Å². The zero-order chi connectivity index (χ0) is 43.1. The molecule has 3 aliphatic heterocycles. The van der Waals surface area contributed by atoms with Gasteiger partial charge in [0.1, 0.15) is 24.5 Å². The van der Waals surface area contributed by atoms with Crippen LogP contribution in [0.4, 0.5) is 35.9 Å². The summed E-state index contributed by atoms with van der Waals surface area (Å²) in [6.07, 6.45) is 2.56. The number of nitrogens with one attached hydrogen (secondary N) is 3. The Balaban J connectivity index is 0.00000257. The van der Waals surface area contributed by atoms with Crippen molar-refractivity contribution < 1.29 is 41.4 Å². The van der Waals surface area contributed by atoms with Gasteiger partial charge in [0.15, 0.2) is 10.8 Å². The number of halogens is 3. The van der Waals surface area contributed by atoms with Crippen molar-refractivity contribution in [3.8, 4) is 11.8 Å². The van der Waals surface area contributed by atoms with Crippen LogP contribution >= 0.6 is 12.2 Å². The minimum Gasteiger partial charge on any atom is -0.492 e. The van der Waals surface area contributed by atoms with Gasteiger partial charge in [0.2, 0.25) is 23.6 Å². The maximum atomic E-state index is 13.8. The highest BCUT2D eigenvalue weighted by Gasteiger charge is 2.74. The topological polar surface area (TPSA) is 160 Å². The second-order valence-corrected chi connectivity index (χ2v) is 16.6. The second-order valence-electron chi connectivity index (χ2n) is 16.2. The van der Waals surface area contributed by atoms with E-state index in [1.807, 2.05) is 43.3 Å². The largest absolute Gasteiger partial charge is 0.492 e. The standard InChI is InChI=1S/C44H45F3N8O5S.3H2/c1-2-26-18-30(54-14-4-3-8-40(58)55(42(54)61)31-20-34(44(45,46)47)36(23-48)49-24-31)9-11-37(26)60-17-16-53-15-13-32-33(43(32)22-27(43)25-53)21-39(57)51-29-7-5-6-28(19-29)50-35-10-12-38(56)52-41(35)59;;;/h5-7,9,11,13,18-20,24,27,33,35,50H,2-4,8,10,12,14-17,21-22,25H2,1H3,(H,51,57)(H,52,56,59);3*1H. The highest BCUT2D eigenvalue weighted by atomic mass is 32.1. The molecule has 8 rings (SSSR count). The lowest BCUT2D eigenvalue weighted by Gasteiger charge is -2.35. The number of rotatable bonds is 12. The monoisotopic (exact) mass is 860 g/mol. The fraction of sp³-hybridized carbons (Fsp3) is 0.432. The predicted molar refractivity (Wildman–Crippen MR) is 231 cm³/mol. The number of benzene rings is 2. The van der Waals surface area contributed by atoms with Crippen LogP contribution in [0.1, 0.15) is 73.0 Å². The van der Waals surface area contributed by atoms with Crippen LogP contribution in [-0.2, 0) is 31.8 Å². The molecule has 0 radical (unpaired) electrons. The van der Waals surface area contributed by atoms with E-state index in [1.165, 1.54) is 11.6 Å². The molecular weight excluding hydrogens is 810 g/mol. The zero-order valence-corrected chi connectivity index (χ0v) is 34.3. The van der Waals surface area contributed by atoms with Gasteiger partial charge in [-0.3, -0.25) is 34.3 Å². The normalized spacial score (nSPS) is 23.9. The van der Waals surface area contributed by atoms with Crippen molar-refractivity contribution in [2.24, 2.45) is 17.3 Å². The van der Waals surface area contributed by atoms with Crippen LogP contribution in [0.5, 0.6) is 5.75 Å². The van der Waals surface area contributed by atoms with E-state index >= 15 is 0 Å². The number of anilines is 4. The number of nitriles is 1. The minimum absolute atomic E-state index is 0. The van der Waals surface area contributed by atoms with Crippen molar-refractivity contribution in [2.45, 2.75) is 70.5 Å². The van der Waals surface area contributed by atoms with Gasteiger partial charge >= 0.3 is 6.18 Å². The zero-order valence-electron chi connectivity index (χ0n) is 33.5. The van der Waals surface area contributed by atoms with Gasteiger partial charge in [0, 0.05) is 72.2 Å². The number of aromatic nitrogens is 1. The predicted octanol–water partition coefficient (Wildman–Crippen LogP) is 7.08. The molecule has 324 valence electrons. The van der Waals surface area contributed by atoms with E-state index in [1.54, 1.807) is 11.0 Å². The molecule has 0 bridgehead atoms. The maximum absolute atomic E-state index is 13.8. The molecule has 61 heavy (non-hydrogen) atoms. The highest BCUT2D eigenvalue weighted by Crippen LogP contribution is 2.79. The first kappa shape index (κ1) is 41.9. The summed E-state index contributed by atoms with van der Waals surface area (Å²) in [5.41, 5.74) is 2.24. The third kappa shape index (κ3) is 8.69. The molecule has 4 fully saturated rings. The Kier molecular flexibility index (Phi) is 11.6. The molecule has 4 heterocycles. The molecule has 13 nitrogen and oxygen atoms in total. The highest BCUT2D eigenvalue weighted by molar-refractivity contribution is 7.81. The summed E-state index contributed by atoms with van der Waals surface area (Å²) in [6.45, 7) is 5.29. The molecule has 1 spiro atoms. The van der Waals surface area contributed by atoms with Crippen LogP contribution < -0.4 is 30.5 Å². The number of allylic oxidation sites excluding steroid dienone is 1. The number of aryl methyl sites for hydroxylation is 1. The molecule has 4 amide bonds. The number of carbonyl (C=O) groups is 4. The summed E-state index contributed by atoms with van der Waals surface area (Å²) in [5.74, 6) is 0.297. The van der Waals surface area contributed by atoms with Crippen molar-refractivity contribution >= 4 is 63.7 Å². The number of carbonyl (C=O) groups excluding carboxylic acids is 4. The number of imide groups is 1. The fourth-order valence-corrected chi connectivity index (χ4v) is 9.58. The quantitative estimate of drug-likeness (QED) is 0.0971. The summed E-state index contributed by atoms with van der Waals surface area (Å²) >= 11 is 5.79. The van der Waals surface area contributed by atoms with E-state index in [2.05, 4.69) is 31.9 Å². The molecule has 3 aromatic rings. The first-order valence-corrected chi connectivity index (χ1v) is 21.0. The number of thiocarbonyl (C=S) groups is 1. The molecule has 17 heteroatoms. The van der Waals surface area contributed by atoms with Crippen molar-refractivity contribution in [1.82, 2.24) is 15.2 Å². The molecule has 2 saturated carbocycles. The first-order chi connectivity index (χ1) is 29.3. The lowest BCUT2D eigenvalue weighted by atomic mass is 10.1. The summed E-state index contributed by atoms with van der Waals surface area (Å²) in [7, 11) is 0. The van der Waals surface area contributed by atoms with E-state index < -0.39 is 29.4 Å². The summed E-state index contributed by atoms with van der Waals surface area (Å²) in [4.78, 5) is 59.1. The fourth-order valence-electron chi connectivity index (χ4n) is 9.18. The molecule has 2 aliphatic carbocycles. The van der Waals surface area contributed by atoms with Gasteiger partial charge in [-0.25, -0.2) is 4.98 Å². The SMILES string of the molecule is CCc1cc(N2CCCCC(=O)N(c3cnc(C#N)c(C(F)(F)F)c3)C2=S)ccc1OCCN1CC=C2C(CC(=O)Nc3cccc(NC4CCC(=O)NC4=O)c3)C23CC3C1.[HH].[HH].[HH]. The number of pyridine rings is 1. The molecule has 2 saturated heterocycles. The molecule has 3 N–H and O–H groups in total. The van der Waals surface area contributed by atoms with Crippen molar-refractivity contribution in [2.75, 3.05) is 53.2 Å². The van der Waals surface area contributed by atoms with Crippen LogP contribution in [0.15, 0.2) is 66.4 Å². The van der Waals surface area contributed by atoms with E-state index in [9.17, 15) is 37.6 Å². The van der Waals surface area contributed by atoms with Crippen LogP contribution in [-0.4, -0.2) is 77.5 Å². The molecular formula is C44H51F3N8O5S. The molecule has 5 aliphatic rings. The van der Waals surface area contributed by atoms with E-state index in [-0.39, 0.29) is 57.0 Å². The molecule has 4 unspecified atom stereocenters. The average molecular weight is 861 g/mol. The number of nitrogens with zero attached hydrogens (tertiary/aromatic N) is 5. The van der Waals surface area contributed by atoms with Gasteiger partial charge < -0.3 is 20.3 Å². The maximum Gasteiger partial charge on any atom is 0.419 e. The van der Waals surface area contributed by atoms with Crippen LogP contribution in [0.2, 0.25) is 0 Å². The number of ether oxygens (including phenoxy) is 1. The van der Waals surface area contributed by atoms with Crippen molar-refractivity contribution in [3.05, 3.63) is 83.2 Å². The number of hydrogen-bond acceptors (Lipinski definition) is 10. The third-order valence-electron chi connectivity index (χ3n) is 12.4. The van der Waals surface area contributed by atoms with Gasteiger partial charge in [0.05, 0.1) is 17.4 Å². The first-order valence-electron chi connectivity index (χ1n) is 20.6. The minimum atomic E-state index is -4.85. The van der Waals surface area contributed by atoms with Crippen LogP contribution in [0.25, 0.3) is 0 Å². The van der Waals surface area contributed by atoms with Gasteiger partial charge in [0.25, 0.3) is 0 Å². The Morgan fingerprint density at radius 2 is 1.93 bits per heavy atom. The summed E-state index contributed by atoms with van der Waals surface area (Å²) in [5, 5.41) is 17.8. The Labute approximate surface area is 360 Å². The third-order valence-corrected chi connectivity index (χ3v) is 12.8. The summed E-state index contributed by atoms with van der Waals surface area (Å²) in [6, 6.07) is 14.6.